The molecule has 0 radical (unpaired) electrons. The third-order valence-electron chi connectivity index (χ3n) is 4.75. The Balaban J connectivity index is 1.47. The van der Waals surface area contributed by atoms with Crippen molar-refractivity contribution in [3.8, 4) is 0 Å². The normalized spacial score (nSPS) is 15.6. The third-order valence-corrected chi connectivity index (χ3v) is 4.75. The van der Waals surface area contributed by atoms with E-state index in [0.717, 1.165) is 50.0 Å². The molecule has 1 aliphatic heterocycles. The summed E-state index contributed by atoms with van der Waals surface area (Å²) in [6, 6.07) is 3.42. The number of alkyl halides is 3. The van der Waals surface area contributed by atoms with Gasteiger partial charge in [0.15, 0.2) is 5.69 Å². The van der Waals surface area contributed by atoms with Crippen molar-refractivity contribution in [2.24, 2.45) is 0 Å². The molecule has 3 aromatic heterocycles. The maximum atomic E-state index is 12.8. The number of aryl methyl sites for hydroxylation is 1. The average molecular weight is 376 g/mol. The molecule has 0 spiro atoms. The van der Waals surface area contributed by atoms with Crippen LogP contribution in [0.5, 0.6) is 0 Å². The minimum Gasteiger partial charge on any atom is -0.367 e. The van der Waals surface area contributed by atoms with Crippen molar-refractivity contribution in [3.63, 3.8) is 0 Å². The maximum absolute atomic E-state index is 12.8. The Morgan fingerprint density at radius 3 is 2.26 bits per heavy atom. The topological polar surface area (TPSA) is 49.6 Å². The van der Waals surface area contributed by atoms with E-state index in [1.54, 1.807) is 12.3 Å². The number of halogens is 3. The lowest BCUT2D eigenvalue weighted by atomic mass is 10.2. The van der Waals surface area contributed by atoms with Gasteiger partial charge in [0.2, 0.25) is 5.95 Å². The molecular formula is C18H19F3N6. The Kier molecular flexibility index (Phi) is 4.37. The van der Waals surface area contributed by atoms with Crippen LogP contribution in [0.3, 0.4) is 0 Å². The van der Waals surface area contributed by atoms with E-state index in [9.17, 15) is 13.2 Å². The summed E-state index contributed by atoms with van der Waals surface area (Å²) in [4.78, 5) is 16.7. The van der Waals surface area contributed by atoms with Gasteiger partial charge in [-0.05, 0) is 24.1 Å². The van der Waals surface area contributed by atoms with E-state index in [1.165, 1.54) is 4.40 Å². The SMILES string of the molecule is CCc1cnc(N2CCN(c3ccc4nc(C(F)(F)F)cn4c3)CC2)nc1. The van der Waals surface area contributed by atoms with Crippen molar-refractivity contribution in [3.05, 3.63) is 48.2 Å². The molecule has 1 saturated heterocycles. The third kappa shape index (κ3) is 3.54. The summed E-state index contributed by atoms with van der Waals surface area (Å²) in [5.74, 6) is 0.715. The second-order valence-electron chi connectivity index (χ2n) is 6.50. The highest BCUT2D eigenvalue weighted by atomic mass is 19.4. The molecule has 0 saturated carbocycles. The van der Waals surface area contributed by atoms with Crippen LogP contribution >= 0.6 is 0 Å². The highest BCUT2D eigenvalue weighted by molar-refractivity contribution is 5.53. The van der Waals surface area contributed by atoms with Crippen molar-refractivity contribution in [2.75, 3.05) is 36.0 Å². The second-order valence-corrected chi connectivity index (χ2v) is 6.50. The van der Waals surface area contributed by atoms with E-state index in [4.69, 9.17) is 0 Å². The predicted octanol–water partition coefficient (Wildman–Crippen LogP) is 3.03. The van der Waals surface area contributed by atoms with Crippen LogP contribution in [-0.2, 0) is 12.6 Å². The molecule has 6 nitrogen and oxygen atoms in total. The first-order valence-electron chi connectivity index (χ1n) is 8.81. The van der Waals surface area contributed by atoms with Gasteiger partial charge in [-0.2, -0.15) is 13.2 Å². The van der Waals surface area contributed by atoms with Gasteiger partial charge in [0.25, 0.3) is 0 Å². The van der Waals surface area contributed by atoms with Crippen LogP contribution in [0.15, 0.2) is 36.9 Å². The van der Waals surface area contributed by atoms with Crippen LogP contribution < -0.4 is 9.80 Å². The highest BCUT2D eigenvalue weighted by Crippen LogP contribution is 2.29. The van der Waals surface area contributed by atoms with Gasteiger partial charge in [-0.1, -0.05) is 6.92 Å². The van der Waals surface area contributed by atoms with Gasteiger partial charge in [-0.3, -0.25) is 0 Å². The molecule has 0 amide bonds. The molecular weight excluding hydrogens is 357 g/mol. The van der Waals surface area contributed by atoms with Crippen LogP contribution in [0.25, 0.3) is 5.65 Å². The number of anilines is 2. The zero-order valence-electron chi connectivity index (χ0n) is 14.8. The number of imidazole rings is 1. The van der Waals surface area contributed by atoms with Gasteiger partial charge in [-0.25, -0.2) is 15.0 Å². The highest BCUT2D eigenvalue weighted by Gasteiger charge is 2.34. The van der Waals surface area contributed by atoms with E-state index in [2.05, 4.69) is 31.7 Å². The second kappa shape index (κ2) is 6.71. The van der Waals surface area contributed by atoms with Crippen molar-refractivity contribution >= 4 is 17.3 Å². The molecule has 0 aromatic carbocycles. The van der Waals surface area contributed by atoms with E-state index >= 15 is 0 Å². The Hall–Kier alpha value is -2.84. The first-order chi connectivity index (χ1) is 12.9. The maximum Gasteiger partial charge on any atom is 0.434 e. The molecule has 9 heteroatoms. The summed E-state index contributed by atoms with van der Waals surface area (Å²) in [6.45, 7) is 5.05. The van der Waals surface area contributed by atoms with Gasteiger partial charge in [-0.15, -0.1) is 0 Å². The van der Waals surface area contributed by atoms with Crippen LogP contribution in [0.1, 0.15) is 18.2 Å². The van der Waals surface area contributed by atoms with Crippen LogP contribution in [0.4, 0.5) is 24.8 Å². The number of aromatic nitrogens is 4. The molecule has 0 aliphatic carbocycles. The molecule has 4 heterocycles. The summed E-state index contributed by atoms with van der Waals surface area (Å²) in [7, 11) is 0. The Labute approximate surface area is 154 Å². The lowest BCUT2D eigenvalue weighted by Crippen LogP contribution is -2.47. The number of hydrogen-bond acceptors (Lipinski definition) is 5. The lowest BCUT2D eigenvalue weighted by molar-refractivity contribution is -0.140. The first-order valence-corrected chi connectivity index (χ1v) is 8.81. The monoisotopic (exact) mass is 376 g/mol. The fourth-order valence-corrected chi connectivity index (χ4v) is 3.16. The number of rotatable bonds is 3. The van der Waals surface area contributed by atoms with Crippen LogP contribution in [0.2, 0.25) is 0 Å². The van der Waals surface area contributed by atoms with Crippen molar-refractivity contribution in [1.82, 2.24) is 19.4 Å². The van der Waals surface area contributed by atoms with Crippen LogP contribution in [0, 0.1) is 0 Å². The van der Waals surface area contributed by atoms with Gasteiger partial charge < -0.3 is 14.2 Å². The van der Waals surface area contributed by atoms with E-state index in [1.807, 2.05) is 18.5 Å². The summed E-state index contributed by atoms with van der Waals surface area (Å²) in [5, 5.41) is 0. The molecule has 4 rings (SSSR count). The Morgan fingerprint density at radius 1 is 0.963 bits per heavy atom. The fourth-order valence-electron chi connectivity index (χ4n) is 3.16. The number of piperazine rings is 1. The molecule has 27 heavy (non-hydrogen) atoms. The average Bonchev–Trinajstić information content (AvgIpc) is 3.12. The molecule has 1 aliphatic rings. The van der Waals surface area contributed by atoms with E-state index in [-0.39, 0.29) is 5.65 Å². The van der Waals surface area contributed by atoms with Gasteiger partial charge in [0.1, 0.15) is 5.65 Å². The van der Waals surface area contributed by atoms with Gasteiger partial charge in [0, 0.05) is 51.0 Å². The number of fused-ring (bicyclic) bond motifs is 1. The predicted molar refractivity (Wildman–Crippen MR) is 96.0 cm³/mol. The zero-order chi connectivity index (χ0) is 19.0. The summed E-state index contributed by atoms with van der Waals surface area (Å²) < 4.78 is 39.9. The summed E-state index contributed by atoms with van der Waals surface area (Å²) >= 11 is 0. The smallest absolute Gasteiger partial charge is 0.367 e. The van der Waals surface area contributed by atoms with Crippen molar-refractivity contribution < 1.29 is 13.2 Å². The number of hydrogen-bond donors (Lipinski definition) is 0. The molecule has 0 N–H and O–H groups in total. The molecule has 0 atom stereocenters. The molecule has 0 bridgehead atoms. The van der Waals surface area contributed by atoms with Crippen molar-refractivity contribution in [1.29, 1.82) is 0 Å². The van der Waals surface area contributed by atoms with Gasteiger partial charge in [0.05, 0.1) is 5.69 Å². The quantitative estimate of drug-likeness (QED) is 0.703. The standard InChI is InChI=1S/C18H19F3N6/c1-2-13-9-22-17(23-10-13)26-7-5-25(6-8-26)14-3-4-16-24-15(18(19,20)21)12-27(16)11-14/h3-4,9-12H,2,5-8H2,1H3. The van der Waals surface area contributed by atoms with E-state index < -0.39 is 11.9 Å². The van der Waals surface area contributed by atoms with E-state index in [0.29, 0.717) is 5.95 Å². The number of pyridine rings is 1. The van der Waals surface area contributed by atoms with Crippen LogP contribution in [-0.4, -0.2) is 45.5 Å². The first kappa shape index (κ1) is 17.6. The zero-order valence-corrected chi connectivity index (χ0v) is 14.8. The van der Waals surface area contributed by atoms with Gasteiger partial charge >= 0.3 is 6.18 Å². The summed E-state index contributed by atoms with van der Waals surface area (Å²) in [6.07, 6.45) is 2.88. The largest absolute Gasteiger partial charge is 0.434 e. The molecule has 3 aromatic rings. The Bertz CT molecular complexity index is 926. The van der Waals surface area contributed by atoms with Crippen molar-refractivity contribution in [2.45, 2.75) is 19.5 Å². The minimum absolute atomic E-state index is 0.286. The fraction of sp³-hybridized carbons (Fsp3) is 0.389. The molecule has 1 fully saturated rings. The molecule has 0 unspecified atom stereocenters. The lowest BCUT2D eigenvalue weighted by Gasteiger charge is -2.36. The minimum atomic E-state index is -4.44. The molecule has 142 valence electrons. The number of nitrogens with zero attached hydrogens (tertiary/aromatic N) is 6. The Morgan fingerprint density at radius 2 is 1.63 bits per heavy atom. The summed E-state index contributed by atoms with van der Waals surface area (Å²) in [5.41, 5.74) is 1.38.